The summed E-state index contributed by atoms with van der Waals surface area (Å²) < 4.78 is 10.3. The van der Waals surface area contributed by atoms with Gasteiger partial charge in [0.15, 0.2) is 5.52 Å². The minimum atomic E-state index is 0. The summed E-state index contributed by atoms with van der Waals surface area (Å²) in [6.07, 6.45) is 0.925. The summed E-state index contributed by atoms with van der Waals surface area (Å²) in [5, 5.41) is 0. The van der Waals surface area contributed by atoms with E-state index in [0.29, 0.717) is 31.6 Å². The topological polar surface area (TPSA) is 35.5 Å². The molecule has 0 bridgehead atoms. The van der Waals surface area contributed by atoms with Gasteiger partial charge < -0.3 is 10.9 Å². The van der Waals surface area contributed by atoms with Crippen molar-refractivity contribution >= 4 is 14.1 Å². The molecule has 0 aromatic heterocycles. The second kappa shape index (κ2) is 8.59. The summed E-state index contributed by atoms with van der Waals surface area (Å²) in [6, 6.07) is 5.30. The third-order valence-corrected chi connectivity index (χ3v) is 3.94. The molecule has 96 valence electrons. The van der Waals surface area contributed by atoms with E-state index in [1.54, 1.807) is 32.4 Å². The molecule has 1 atom stereocenters. The van der Waals surface area contributed by atoms with Crippen molar-refractivity contribution in [3.63, 3.8) is 0 Å². The summed E-state index contributed by atoms with van der Waals surface area (Å²) in [4.78, 5) is 12.0. The van der Waals surface area contributed by atoms with Gasteiger partial charge in [-0.1, -0.05) is 13.8 Å². The van der Waals surface area contributed by atoms with Crippen molar-refractivity contribution in [2.24, 2.45) is 5.92 Å². The molecule has 0 aliphatic heterocycles. The van der Waals surface area contributed by atoms with Gasteiger partial charge in [-0.25, -0.2) is 0 Å². The van der Waals surface area contributed by atoms with Crippen LogP contribution in [0.4, 0.5) is 0 Å². The Labute approximate surface area is 124 Å². The van der Waals surface area contributed by atoms with Crippen molar-refractivity contribution < 1.29 is 34.6 Å². The van der Waals surface area contributed by atoms with E-state index in [4.69, 9.17) is 9.47 Å². The summed E-state index contributed by atoms with van der Waals surface area (Å²) in [7, 11) is 3.46. The van der Waals surface area contributed by atoms with Gasteiger partial charge in [0.25, 0.3) is 0 Å². The number of hydrogen-bond donors (Lipinski definition) is 0. The SMILES string of the molecule is COc1ccc(C(=O)PCC(C)C)c(OC)c1.[H-].[Li+]. The predicted octanol–water partition coefficient (Wildman–Crippen LogP) is 0.295. The quantitative estimate of drug-likeness (QED) is 0.546. The Hall–Kier alpha value is -0.483. The van der Waals surface area contributed by atoms with Crippen molar-refractivity contribution in [3.05, 3.63) is 23.8 Å². The smallest absolute Gasteiger partial charge is 1.00 e. The second-order valence-corrected chi connectivity index (χ2v) is 5.39. The molecule has 0 heterocycles. The zero-order valence-corrected chi connectivity index (χ0v) is 12.7. The number of rotatable bonds is 6. The Morgan fingerprint density at radius 3 is 2.50 bits per heavy atom. The molecular formula is C13H20LiO3P. The molecule has 0 radical (unpaired) electrons. The van der Waals surface area contributed by atoms with Crippen LogP contribution in [0.5, 0.6) is 11.5 Å². The molecule has 0 N–H and O–H groups in total. The molecule has 0 aliphatic carbocycles. The Balaban J connectivity index is 0. The molecular weight excluding hydrogens is 242 g/mol. The molecule has 18 heavy (non-hydrogen) atoms. The van der Waals surface area contributed by atoms with Crippen LogP contribution in [0.25, 0.3) is 0 Å². The van der Waals surface area contributed by atoms with Gasteiger partial charge in [0.05, 0.1) is 19.8 Å². The van der Waals surface area contributed by atoms with Crippen LogP contribution in [0.2, 0.25) is 0 Å². The van der Waals surface area contributed by atoms with Crippen molar-refractivity contribution in [2.75, 3.05) is 20.4 Å². The van der Waals surface area contributed by atoms with Gasteiger partial charge in [-0.15, -0.1) is 0 Å². The Kier molecular flexibility index (Phi) is 8.36. The van der Waals surface area contributed by atoms with E-state index in [0.717, 1.165) is 6.16 Å². The zero-order valence-electron chi connectivity index (χ0n) is 12.7. The van der Waals surface area contributed by atoms with E-state index in [2.05, 4.69) is 13.8 Å². The van der Waals surface area contributed by atoms with E-state index in [-0.39, 0.29) is 25.8 Å². The third kappa shape index (κ3) is 5.02. The first kappa shape index (κ1) is 17.5. The maximum atomic E-state index is 12.0. The van der Waals surface area contributed by atoms with Gasteiger partial charge in [-0.2, -0.15) is 0 Å². The Morgan fingerprint density at radius 2 is 2.00 bits per heavy atom. The Bertz CT molecular complexity index is 399. The molecule has 1 aromatic carbocycles. The van der Waals surface area contributed by atoms with E-state index in [1.807, 2.05) is 0 Å². The van der Waals surface area contributed by atoms with Crippen LogP contribution in [0.1, 0.15) is 25.6 Å². The first-order valence-corrected chi connectivity index (χ1v) is 6.79. The van der Waals surface area contributed by atoms with E-state index < -0.39 is 0 Å². The van der Waals surface area contributed by atoms with Crippen LogP contribution < -0.4 is 28.3 Å². The van der Waals surface area contributed by atoms with Gasteiger partial charge in [0.1, 0.15) is 11.5 Å². The summed E-state index contributed by atoms with van der Waals surface area (Å²) in [5.74, 6) is 1.83. The molecule has 0 fully saturated rings. The summed E-state index contributed by atoms with van der Waals surface area (Å²) in [6.45, 7) is 4.23. The monoisotopic (exact) mass is 262 g/mol. The minimum Gasteiger partial charge on any atom is -1.00 e. The fourth-order valence-electron chi connectivity index (χ4n) is 1.38. The number of ether oxygens (including phenoxy) is 2. The van der Waals surface area contributed by atoms with E-state index in [9.17, 15) is 4.79 Å². The average Bonchev–Trinajstić information content (AvgIpc) is 2.34. The maximum Gasteiger partial charge on any atom is 1.00 e. The molecule has 3 nitrogen and oxygen atoms in total. The van der Waals surface area contributed by atoms with Crippen LogP contribution in [-0.4, -0.2) is 25.9 Å². The molecule has 5 heteroatoms. The van der Waals surface area contributed by atoms with Crippen LogP contribution in [0, 0.1) is 5.92 Å². The standard InChI is InChI=1S/C13H19O3P.Li.H/c1-9(2)8-17-13(14)11-6-5-10(15-3)7-12(11)16-4;;/h5-7,9,17H,8H2,1-4H3;;/q;+1;-1. The molecule has 0 saturated carbocycles. The van der Waals surface area contributed by atoms with Crippen LogP contribution in [-0.2, 0) is 0 Å². The van der Waals surface area contributed by atoms with Gasteiger partial charge in [-0.05, 0) is 32.8 Å². The molecule has 1 rings (SSSR count). The van der Waals surface area contributed by atoms with Crippen molar-refractivity contribution in [1.82, 2.24) is 0 Å². The zero-order chi connectivity index (χ0) is 12.8. The molecule has 0 spiro atoms. The number of benzene rings is 1. The van der Waals surface area contributed by atoms with Crippen molar-refractivity contribution in [2.45, 2.75) is 13.8 Å². The molecule has 0 amide bonds. The number of carbonyl (C=O) groups is 1. The fourth-order valence-corrected chi connectivity index (χ4v) is 2.37. The normalized spacial score (nSPS) is 10.5. The summed E-state index contributed by atoms with van der Waals surface area (Å²) in [5.41, 5.74) is 0.797. The summed E-state index contributed by atoms with van der Waals surface area (Å²) >= 11 is 0. The molecule has 1 aromatic rings. The first-order chi connectivity index (χ1) is 8.08. The molecule has 1 unspecified atom stereocenters. The first-order valence-electron chi connectivity index (χ1n) is 5.58. The third-order valence-electron chi connectivity index (χ3n) is 2.32. The number of methoxy groups -OCH3 is 2. The minimum absolute atomic E-state index is 0. The van der Waals surface area contributed by atoms with E-state index >= 15 is 0 Å². The number of carbonyl (C=O) groups excluding carboxylic acids is 1. The van der Waals surface area contributed by atoms with Crippen LogP contribution >= 0.6 is 8.58 Å². The van der Waals surface area contributed by atoms with Gasteiger partial charge in [0.2, 0.25) is 0 Å². The molecule has 0 aliphatic rings. The second-order valence-electron chi connectivity index (χ2n) is 4.17. The van der Waals surface area contributed by atoms with Gasteiger partial charge in [-0.3, -0.25) is 4.79 Å². The fraction of sp³-hybridized carbons (Fsp3) is 0.462. The van der Waals surface area contributed by atoms with Gasteiger partial charge in [0, 0.05) is 6.07 Å². The average molecular weight is 262 g/mol. The molecule has 0 saturated heterocycles. The van der Waals surface area contributed by atoms with Gasteiger partial charge >= 0.3 is 18.9 Å². The Morgan fingerprint density at radius 1 is 1.33 bits per heavy atom. The number of hydrogen-bond acceptors (Lipinski definition) is 3. The van der Waals surface area contributed by atoms with Crippen molar-refractivity contribution in [3.8, 4) is 11.5 Å². The van der Waals surface area contributed by atoms with Crippen LogP contribution in [0.3, 0.4) is 0 Å². The predicted molar refractivity (Wildman–Crippen MR) is 73.0 cm³/mol. The largest absolute Gasteiger partial charge is 1.00 e. The van der Waals surface area contributed by atoms with Crippen LogP contribution in [0.15, 0.2) is 18.2 Å². The van der Waals surface area contributed by atoms with Crippen molar-refractivity contribution in [1.29, 1.82) is 0 Å². The maximum absolute atomic E-state index is 12.0. The van der Waals surface area contributed by atoms with E-state index in [1.165, 1.54) is 0 Å².